The van der Waals surface area contributed by atoms with Crippen LogP contribution in [0.4, 0.5) is 4.39 Å². The Bertz CT molecular complexity index is 1470. The van der Waals surface area contributed by atoms with Crippen LogP contribution in [0.15, 0.2) is 71.6 Å². The third-order valence-corrected chi connectivity index (χ3v) is 9.51. The van der Waals surface area contributed by atoms with E-state index in [0.717, 1.165) is 11.6 Å². The summed E-state index contributed by atoms with van der Waals surface area (Å²) in [5.41, 5.74) is 5.60. The quantitative estimate of drug-likeness (QED) is 0.271. The number of ether oxygens (including phenoxy) is 1. The number of carbonyl (C=O) groups excluding carboxylic acids is 2. The van der Waals surface area contributed by atoms with Gasteiger partial charge in [0.2, 0.25) is 5.60 Å². The Kier molecular flexibility index (Phi) is 9.24. The van der Waals surface area contributed by atoms with Crippen molar-refractivity contribution in [3.8, 4) is 0 Å². The van der Waals surface area contributed by atoms with Gasteiger partial charge in [0.15, 0.2) is 9.84 Å². The van der Waals surface area contributed by atoms with Crippen LogP contribution in [0.2, 0.25) is 0 Å². The third-order valence-electron chi connectivity index (χ3n) is 7.13. The Morgan fingerprint density at radius 3 is 1.80 bits per heavy atom. The molecule has 214 valence electrons. The van der Waals surface area contributed by atoms with Gasteiger partial charge in [-0.15, -0.1) is 0 Å². The monoisotopic (exact) mass is 567 g/mol. The normalized spacial score (nSPS) is 14.3. The van der Waals surface area contributed by atoms with Crippen molar-refractivity contribution >= 4 is 21.7 Å². The molecular weight excluding hydrogens is 529 g/mol. The fourth-order valence-corrected chi connectivity index (χ4v) is 7.60. The summed E-state index contributed by atoms with van der Waals surface area (Å²) < 4.78 is 50.1. The summed E-state index contributed by atoms with van der Waals surface area (Å²) in [6.07, 6.45) is 0. The third kappa shape index (κ3) is 6.12. The summed E-state index contributed by atoms with van der Waals surface area (Å²) >= 11 is 0. The predicted octanol–water partition coefficient (Wildman–Crippen LogP) is 6.81. The zero-order valence-electron chi connectivity index (χ0n) is 24.1. The van der Waals surface area contributed by atoms with Crippen LogP contribution in [0.1, 0.15) is 104 Å². The molecule has 3 rings (SSSR count). The number of amides is 1. The number of sulfone groups is 1. The smallest absolute Gasteiger partial charge is 0.339 e. The van der Waals surface area contributed by atoms with Gasteiger partial charge in [-0.2, -0.15) is 0 Å². The Hall–Kier alpha value is -3.52. The minimum atomic E-state index is -4.54. The number of hydrogen-bond donors (Lipinski definition) is 1. The Balaban J connectivity index is 2.41. The number of halogens is 1. The van der Waals surface area contributed by atoms with Gasteiger partial charge in [0.1, 0.15) is 11.1 Å². The van der Waals surface area contributed by atoms with E-state index in [1.54, 1.807) is 18.2 Å². The van der Waals surface area contributed by atoms with Crippen LogP contribution < -0.4 is 5.73 Å². The van der Waals surface area contributed by atoms with Crippen molar-refractivity contribution < 1.29 is 27.1 Å². The van der Waals surface area contributed by atoms with Gasteiger partial charge in [-0.3, -0.25) is 4.79 Å². The van der Waals surface area contributed by atoms with Gasteiger partial charge < -0.3 is 10.5 Å². The van der Waals surface area contributed by atoms with Crippen LogP contribution in [0.3, 0.4) is 0 Å². The molecule has 6 nitrogen and oxygen atoms in total. The predicted molar refractivity (Wildman–Crippen MR) is 154 cm³/mol. The number of primary amides is 1. The number of esters is 1. The first kappa shape index (κ1) is 31.0. The summed E-state index contributed by atoms with van der Waals surface area (Å²) in [6.45, 7) is 12.8. The lowest BCUT2D eigenvalue weighted by Crippen LogP contribution is -2.52. The van der Waals surface area contributed by atoms with Gasteiger partial charge in [0.05, 0.1) is 10.5 Å². The van der Waals surface area contributed by atoms with Gasteiger partial charge in [0.25, 0.3) is 5.91 Å². The maximum atomic E-state index is 14.9. The van der Waals surface area contributed by atoms with Crippen LogP contribution in [0, 0.1) is 5.82 Å². The molecule has 0 bridgehead atoms. The Labute approximate surface area is 236 Å². The van der Waals surface area contributed by atoms with Gasteiger partial charge in [-0.1, -0.05) is 84.0 Å². The van der Waals surface area contributed by atoms with Crippen molar-refractivity contribution in [1.29, 1.82) is 0 Å². The molecule has 0 aliphatic rings. The van der Waals surface area contributed by atoms with Gasteiger partial charge in [0, 0.05) is 0 Å². The summed E-state index contributed by atoms with van der Waals surface area (Å²) in [5.74, 6) is -3.09. The molecule has 3 aromatic carbocycles. The fraction of sp³-hybridized carbons (Fsp3) is 0.375. The highest BCUT2D eigenvalue weighted by Gasteiger charge is 2.53. The number of rotatable bonds is 10. The van der Waals surface area contributed by atoms with E-state index in [2.05, 4.69) is 0 Å². The number of carbonyl (C=O) groups is 2. The van der Waals surface area contributed by atoms with Crippen LogP contribution in [0.25, 0.3) is 0 Å². The maximum Gasteiger partial charge on any atom is 0.339 e. The van der Waals surface area contributed by atoms with E-state index in [1.807, 2.05) is 53.7 Å². The summed E-state index contributed by atoms with van der Waals surface area (Å²) in [6, 6.07) is 16.6. The molecule has 0 saturated carbocycles. The van der Waals surface area contributed by atoms with Crippen molar-refractivity contribution in [2.24, 2.45) is 5.73 Å². The van der Waals surface area contributed by atoms with E-state index in [-0.39, 0.29) is 33.8 Å². The molecule has 0 fully saturated rings. The summed E-state index contributed by atoms with van der Waals surface area (Å²) in [5, 5.41) is -1.83. The molecule has 0 radical (unpaired) electrons. The molecular formula is C32H38FNO5S. The van der Waals surface area contributed by atoms with Crippen molar-refractivity contribution in [2.75, 3.05) is 0 Å². The SMILES string of the molecule is CC(C)c1cc(C(C)C)c(S(=O)(=O)[C@@H](c2cccc(F)c2)[C@](C)(OC(=O)c2ccccc2)C(N)=O)c(C(C)C)c1. The minimum Gasteiger partial charge on any atom is -0.444 e. The van der Waals surface area contributed by atoms with E-state index in [9.17, 15) is 22.4 Å². The lowest BCUT2D eigenvalue weighted by Gasteiger charge is -2.36. The highest BCUT2D eigenvalue weighted by Crippen LogP contribution is 2.45. The largest absolute Gasteiger partial charge is 0.444 e. The number of hydrogen-bond acceptors (Lipinski definition) is 5. The van der Waals surface area contributed by atoms with Crippen molar-refractivity contribution in [1.82, 2.24) is 0 Å². The number of nitrogens with two attached hydrogens (primary N) is 1. The molecule has 1 amide bonds. The second kappa shape index (κ2) is 11.9. The van der Waals surface area contributed by atoms with Crippen molar-refractivity contribution in [3.63, 3.8) is 0 Å². The molecule has 40 heavy (non-hydrogen) atoms. The van der Waals surface area contributed by atoms with Crippen LogP contribution in [0.5, 0.6) is 0 Å². The highest BCUT2D eigenvalue weighted by molar-refractivity contribution is 7.92. The fourth-order valence-electron chi connectivity index (χ4n) is 4.86. The second-order valence-corrected chi connectivity index (χ2v) is 13.2. The molecule has 2 N–H and O–H groups in total. The van der Waals surface area contributed by atoms with E-state index in [4.69, 9.17) is 10.5 Å². The number of benzene rings is 3. The average molecular weight is 568 g/mol. The highest BCUT2D eigenvalue weighted by atomic mass is 32.2. The lowest BCUT2D eigenvalue weighted by molar-refractivity contribution is -0.136. The lowest BCUT2D eigenvalue weighted by atomic mass is 9.89. The average Bonchev–Trinajstić information content (AvgIpc) is 2.88. The molecule has 8 heteroatoms. The maximum absolute atomic E-state index is 14.9. The molecule has 0 aliphatic heterocycles. The molecule has 2 atom stereocenters. The zero-order valence-corrected chi connectivity index (χ0v) is 24.9. The van der Waals surface area contributed by atoms with E-state index in [0.29, 0.717) is 11.1 Å². The Morgan fingerprint density at radius 2 is 1.35 bits per heavy atom. The molecule has 0 unspecified atom stereocenters. The first-order valence-electron chi connectivity index (χ1n) is 13.4. The van der Waals surface area contributed by atoms with Crippen molar-refractivity contribution in [3.05, 3.63) is 100 Å². The second-order valence-electron chi connectivity index (χ2n) is 11.2. The minimum absolute atomic E-state index is 0.0411. The zero-order chi connectivity index (χ0) is 30.0. The topological polar surface area (TPSA) is 104 Å². The van der Waals surface area contributed by atoms with Crippen LogP contribution in [-0.4, -0.2) is 25.9 Å². The summed E-state index contributed by atoms with van der Waals surface area (Å²) in [4.78, 5) is 26.4. The van der Waals surface area contributed by atoms with E-state index in [1.165, 1.54) is 37.3 Å². The first-order valence-corrected chi connectivity index (χ1v) is 14.9. The standard InChI is InChI=1S/C32H38FNO5S/c1-19(2)24-17-26(20(3)4)28(27(18-24)21(5)6)40(37,38)29(23-14-11-15-25(33)16-23)32(7,31(34)36)39-30(35)22-12-9-8-10-13-22/h8-21,29H,1-7H3,(H2,34,36)/t29-,32-/m0/s1. The van der Waals surface area contributed by atoms with Gasteiger partial charge in [-0.25, -0.2) is 17.6 Å². The molecule has 0 aromatic heterocycles. The molecule has 0 heterocycles. The first-order chi connectivity index (χ1) is 18.6. The molecule has 0 saturated heterocycles. The van der Waals surface area contributed by atoms with Crippen molar-refractivity contribution in [2.45, 2.75) is 82.0 Å². The summed E-state index contributed by atoms with van der Waals surface area (Å²) in [7, 11) is -4.54. The van der Waals surface area contributed by atoms with E-state index >= 15 is 0 Å². The van der Waals surface area contributed by atoms with Crippen LogP contribution >= 0.6 is 0 Å². The van der Waals surface area contributed by atoms with E-state index < -0.39 is 38.4 Å². The van der Waals surface area contributed by atoms with Gasteiger partial charge >= 0.3 is 5.97 Å². The Morgan fingerprint density at radius 1 is 0.800 bits per heavy atom. The molecule has 0 spiro atoms. The molecule has 3 aromatic rings. The van der Waals surface area contributed by atoms with Gasteiger partial charge in [-0.05, 0) is 71.2 Å². The van der Waals surface area contributed by atoms with Crippen LogP contribution in [-0.2, 0) is 19.4 Å². The molecule has 0 aliphatic carbocycles.